The Hall–Kier alpha value is -2.88. The summed E-state index contributed by atoms with van der Waals surface area (Å²) >= 11 is 0. The van der Waals surface area contributed by atoms with E-state index in [2.05, 4.69) is 36.7 Å². The van der Waals surface area contributed by atoms with Crippen LogP contribution in [0.2, 0.25) is 0 Å². The summed E-state index contributed by atoms with van der Waals surface area (Å²) < 4.78 is 16.0. The Morgan fingerprint density at radius 1 is 1.07 bits per heavy atom. The molecule has 2 fully saturated rings. The molecule has 0 radical (unpaired) electrons. The minimum absolute atomic E-state index is 0.304. The van der Waals surface area contributed by atoms with Gasteiger partial charge in [0.05, 0.1) is 27.4 Å². The zero-order valence-electron chi connectivity index (χ0n) is 17.8. The van der Waals surface area contributed by atoms with Crippen LogP contribution in [0.5, 0.6) is 11.9 Å². The molecule has 10 nitrogen and oxygen atoms in total. The Kier molecular flexibility index (Phi) is 6.32. The minimum Gasteiger partial charge on any atom is -0.481 e. The van der Waals surface area contributed by atoms with Gasteiger partial charge in [-0.2, -0.15) is 15.0 Å². The molecule has 2 aliphatic heterocycles. The Morgan fingerprint density at radius 2 is 1.90 bits per heavy atom. The fourth-order valence-electron chi connectivity index (χ4n) is 3.87. The molecule has 1 unspecified atom stereocenters. The van der Waals surface area contributed by atoms with Crippen molar-refractivity contribution in [2.75, 3.05) is 75.4 Å². The van der Waals surface area contributed by atoms with E-state index < -0.39 is 0 Å². The van der Waals surface area contributed by atoms with Crippen molar-refractivity contribution < 1.29 is 14.2 Å². The molecular formula is C20H29N7O3. The molecule has 2 saturated heterocycles. The number of anilines is 3. The number of hydrogen-bond donors (Lipinski definition) is 0. The van der Waals surface area contributed by atoms with Gasteiger partial charge in [0.1, 0.15) is 11.6 Å². The molecule has 30 heavy (non-hydrogen) atoms. The monoisotopic (exact) mass is 415 g/mol. The number of aromatic nitrogens is 4. The fourth-order valence-corrected chi connectivity index (χ4v) is 3.87. The maximum absolute atomic E-state index is 5.44. The van der Waals surface area contributed by atoms with Crippen molar-refractivity contribution in [1.29, 1.82) is 0 Å². The third kappa shape index (κ3) is 4.48. The lowest BCUT2D eigenvalue weighted by molar-refractivity contribution is 0.122. The molecule has 10 heteroatoms. The van der Waals surface area contributed by atoms with Gasteiger partial charge in [0.2, 0.25) is 11.8 Å². The first kappa shape index (κ1) is 20.4. The van der Waals surface area contributed by atoms with E-state index in [0.29, 0.717) is 31.1 Å². The molecule has 162 valence electrons. The molecule has 2 aromatic heterocycles. The minimum atomic E-state index is 0.304. The summed E-state index contributed by atoms with van der Waals surface area (Å²) in [6.45, 7) is 4.83. The average Bonchev–Trinajstić information content (AvgIpc) is 2.84. The molecule has 0 aromatic carbocycles. The van der Waals surface area contributed by atoms with Gasteiger partial charge in [0.15, 0.2) is 0 Å². The van der Waals surface area contributed by atoms with Crippen LogP contribution in [0, 0.1) is 0 Å². The Morgan fingerprint density at radius 3 is 2.67 bits per heavy atom. The number of nitrogens with zero attached hydrogens (tertiary/aromatic N) is 7. The van der Waals surface area contributed by atoms with Crippen LogP contribution in [-0.4, -0.2) is 86.6 Å². The molecule has 0 amide bonds. The van der Waals surface area contributed by atoms with E-state index in [1.165, 1.54) is 0 Å². The second-order valence-electron chi connectivity index (χ2n) is 7.42. The van der Waals surface area contributed by atoms with E-state index in [0.717, 1.165) is 56.6 Å². The Bertz CT molecular complexity index is 825. The second kappa shape index (κ2) is 9.29. The normalized spacial score (nSPS) is 19.5. The van der Waals surface area contributed by atoms with Gasteiger partial charge in [0, 0.05) is 51.5 Å². The third-order valence-electron chi connectivity index (χ3n) is 5.61. The van der Waals surface area contributed by atoms with Crippen molar-refractivity contribution in [2.24, 2.45) is 0 Å². The van der Waals surface area contributed by atoms with Gasteiger partial charge in [-0.15, -0.1) is 0 Å². The lowest BCUT2D eigenvalue weighted by atomic mass is 10.0. The highest BCUT2D eigenvalue weighted by molar-refractivity contribution is 5.47. The first-order chi connectivity index (χ1) is 14.7. The zero-order valence-corrected chi connectivity index (χ0v) is 17.8. The average molecular weight is 415 g/mol. The number of hydrogen-bond acceptors (Lipinski definition) is 10. The number of piperidine rings is 1. The van der Waals surface area contributed by atoms with Crippen LogP contribution < -0.4 is 24.2 Å². The van der Waals surface area contributed by atoms with Crippen LogP contribution in [0.25, 0.3) is 0 Å². The van der Waals surface area contributed by atoms with Gasteiger partial charge in [-0.05, 0) is 18.9 Å². The summed E-state index contributed by atoms with van der Waals surface area (Å²) in [4.78, 5) is 24.7. The van der Waals surface area contributed by atoms with Crippen molar-refractivity contribution in [3.05, 3.63) is 18.3 Å². The quantitative estimate of drug-likeness (QED) is 0.686. The molecule has 4 rings (SSSR count). The van der Waals surface area contributed by atoms with Gasteiger partial charge >= 0.3 is 6.01 Å². The van der Waals surface area contributed by atoms with Crippen molar-refractivity contribution in [3.8, 4) is 11.9 Å². The predicted octanol–water partition coefficient (Wildman–Crippen LogP) is 1.23. The number of rotatable bonds is 6. The van der Waals surface area contributed by atoms with E-state index in [9.17, 15) is 0 Å². The van der Waals surface area contributed by atoms with Crippen LogP contribution in [0.4, 0.5) is 17.6 Å². The van der Waals surface area contributed by atoms with E-state index >= 15 is 0 Å². The largest absolute Gasteiger partial charge is 0.481 e. The maximum atomic E-state index is 5.44. The van der Waals surface area contributed by atoms with Crippen molar-refractivity contribution in [2.45, 2.75) is 18.9 Å². The summed E-state index contributed by atoms with van der Waals surface area (Å²) in [5.41, 5.74) is 0. The lowest BCUT2D eigenvalue weighted by Gasteiger charge is -2.39. The van der Waals surface area contributed by atoms with E-state index in [1.807, 2.05) is 18.3 Å². The van der Waals surface area contributed by atoms with Gasteiger partial charge < -0.3 is 28.9 Å². The Balaban J connectivity index is 1.49. The van der Waals surface area contributed by atoms with Gasteiger partial charge in [-0.3, -0.25) is 0 Å². The fraction of sp³-hybridized carbons (Fsp3) is 0.600. The highest BCUT2D eigenvalue weighted by atomic mass is 16.5. The Labute approximate surface area is 176 Å². The molecule has 2 aromatic rings. The molecule has 0 spiro atoms. The molecule has 0 aliphatic carbocycles. The topological polar surface area (TPSA) is 89.0 Å². The maximum Gasteiger partial charge on any atom is 0.321 e. The van der Waals surface area contributed by atoms with E-state index in [4.69, 9.17) is 19.2 Å². The van der Waals surface area contributed by atoms with Gasteiger partial charge in [-0.1, -0.05) is 0 Å². The molecule has 4 heterocycles. The van der Waals surface area contributed by atoms with Crippen molar-refractivity contribution in [3.63, 3.8) is 0 Å². The lowest BCUT2D eigenvalue weighted by Crippen LogP contribution is -2.47. The van der Waals surface area contributed by atoms with Gasteiger partial charge in [0.25, 0.3) is 0 Å². The summed E-state index contributed by atoms with van der Waals surface area (Å²) in [5, 5.41) is 0. The van der Waals surface area contributed by atoms with Crippen LogP contribution in [0.1, 0.15) is 12.8 Å². The van der Waals surface area contributed by atoms with Crippen LogP contribution in [0.3, 0.4) is 0 Å². The molecule has 1 atom stereocenters. The van der Waals surface area contributed by atoms with Gasteiger partial charge in [-0.25, -0.2) is 4.98 Å². The third-order valence-corrected chi connectivity index (χ3v) is 5.61. The SMILES string of the molecule is COc1cc(N2CCCC(N(C)c3ccnc(N4CCOCC4)n3)C2)nc(OC)n1. The summed E-state index contributed by atoms with van der Waals surface area (Å²) in [5.74, 6) is 3.00. The van der Waals surface area contributed by atoms with Crippen LogP contribution in [0.15, 0.2) is 18.3 Å². The van der Waals surface area contributed by atoms with Crippen LogP contribution >= 0.6 is 0 Å². The number of likely N-dealkylation sites (N-methyl/N-ethyl adjacent to an activating group) is 1. The number of ether oxygens (including phenoxy) is 3. The number of morpholine rings is 1. The van der Waals surface area contributed by atoms with Crippen LogP contribution in [-0.2, 0) is 4.74 Å². The highest BCUT2D eigenvalue weighted by Gasteiger charge is 2.26. The predicted molar refractivity (Wildman–Crippen MR) is 114 cm³/mol. The molecule has 0 saturated carbocycles. The van der Waals surface area contributed by atoms with Crippen molar-refractivity contribution in [1.82, 2.24) is 19.9 Å². The first-order valence-corrected chi connectivity index (χ1v) is 10.3. The first-order valence-electron chi connectivity index (χ1n) is 10.3. The summed E-state index contributed by atoms with van der Waals surface area (Å²) in [6.07, 6.45) is 3.98. The second-order valence-corrected chi connectivity index (χ2v) is 7.42. The molecule has 0 bridgehead atoms. The van der Waals surface area contributed by atoms with E-state index in [-0.39, 0.29) is 0 Å². The zero-order chi connectivity index (χ0) is 20.9. The van der Waals surface area contributed by atoms with Crippen molar-refractivity contribution >= 4 is 17.6 Å². The summed E-state index contributed by atoms with van der Waals surface area (Å²) in [6, 6.07) is 4.44. The molecule has 0 N–H and O–H groups in total. The number of methoxy groups -OCH3 is 2. The smallest absolute Gasteiger partial charge is 0.321 e. The highest BCUT2D eigenvalue weighted by Crippen LogP contribution is 2.27. The summed E-state index contributed by atoms with van der Waals surface area (Å²) in [7, 11) is 5.26. The standard InChI is InChI=1S/C20H29N7O3/c1-25(16-6-7-21-19(22-16)26-9-11-30-12-10-26)15-5-4-8-27(14-15)17-13-18(28-2)24-20(23-17)29-3/h6-7,13,15H,4-5,8-12,14H2,1-3H3. The molecule has 2 aliphatic rings. The molecular weight excluding hydrogens is 386 g/mol. The van der Waals surface area contributed by atoms with E-state index in [1.54, 1.807) is 14.2 Å².